The van der Waals surface area contributed by atoms with Crippen LogP contribution in [0.25, 0.3) is 0 Å². The van der Waals surface area contributed by atoms with E-state index in [1.165, 1.54) is 6.07 Å². The molecule has 1 aliphatic carbocycles. The average Bonchev–Trinajstić information content (AvgIpc) is 3.09. The van der Waals surface area contributed by atoms with Crippen molar-refractivity contribution in [1.82, 2.24) is 0 Å². The molecule has 1 saturated carbocycles. The SMILES string of the molecule is CCS(=O)(=O)c1ccc(C2(C(=O)O)CC2)cc1Br. The summed E-state index contributed by atoms with van der Waals surface area (Å²) in [6, 6.07) is 4.71. The maximum Gasteiger partial charge on any atom is 0.314 e. The molecular weight excluding hydrogens is 320 g/mol. The number of hydrogen-bond donors (Lipinski definition) is 1. The first-order valence-electron chi connectivity index (χ1n) is 5.60. The van der Waals surface area contributed by atoms with Crippen LogP contribution in [0.5, 0.6) is 0 Å². The number of carbonyl (C=O) groups is 1. The Kier molecular flexibility index (Phi) is 3.27. The number of carboxylic acid groups (broad SMARTS) is 1. The van der Waals surface area contributed by atoms with Crippen LogP contribution in [-0.4, -0.2) is 25.2 Å². The lowest BCUT2D eigenvalue weighted by Gasteiger charge is -2.12. The molecule has 1 N–H and O–H groups in total. The zero-order valence-corrected chi connectivity index (χ0v) is 12.2. The Labute approximate surface area is 114 Å². The minimum absolute atomic E-state index is 0.0228. The summed E-state index contributed by atoms with van der Waals surface area (Å²) in [5.74, 6) is -0.824. The second-order valence-corrected chi connectivity index (χ2v) is 7.54. The van der Waals surface area contributed by atoms with Crippen molar-refractivity contribution in [2.45, 2.75) is 30.1 Å². The molecule has 0 saturated heterocycles. The largest absolute Gasteiger partial charge is 0.481 e. The van der Waals surface area contributed by atoms with Crippen molar-refractivity contribution in [3.05, 3.63) is 28.2 Å². The highest BCUT2D eigenvalue weighted by atomic mass is 79.9. The van der Waals surface area contributed by atoms with Crippen LogP contribution in [0.2, 0.25) is 0 Å². The monoisotopic (exact) mass is 332 g/mol. The van der Waals surface area contributed by atoms with Crippen LogP contribution in [0.15, 0.2) is 27.6 Å². The highest BCUT2D eigenvalue weighted by Gasteiger charge is 2.51. The lowest BCUT2D eigenvalue weighted by atomic mass is 9.96. The molecule has 1 aliphatic rings. The van der Waals surface area contributed by atoms with Gasteiger partial charge in [0.15, 0.2) is 9.84 Å². The molecule has 0 spiro atoms. The maximum absolute atomic E-state index is 11.8. The molecule has 0 atom stereocenters. The Balaban J connectivity index is 2.47. The average molecular weight is 333 g/mol. The molecule has 18 heavy (non-hydrogen) atoms. The summed E-state index contributed by atoms with van der Waals surface area (Å²) in [6.07, 6.45) is 1.21. The minimum Gasteiger partial charge on any atom is -0.481 e. The van der Waals surface area contributed by atoms with Gasteiger partial charge >= 0.3 is 5.97 Å². The predicted octanol–water partition coefficient (Wildman–Crippen LogP) is 2.36. The maximum atomic E-state index is 11.8. The summed E-state index contributed by atoms with van der Waals surface area (Å²) in [5, 5.41) is 9.19. The predicted molar refractivity (Wildman–Crippen MR) is 70.4 cm³/mol. The molecule has 0 unspecified atom stereocenters. The van der Waals surface area contributed by atoms with Crippen LogP contribution >= 0.6 is 15.9 Å². The first kappa shape index (κ1) is 13.5. The van der Waals surface area contributed by atoms with Crippen LogP contribution in [0.4, 0.5) is 0 Å². The van der Waals surface area contributed by atoms with Crippen molar-refractivity contribution < 1.29 is 18.3 Å². The molecule has 1 aromatic carbocycles. The number of sulfone groups is 1. The molecule has 0 aromatic heterocycles. The number of aliphatic carboxylic acids is 1. The first-order chi connectivity index (χ1) is 8.33. The van der Waals surface area contributed by atoms with E-state index in [0.29, 0.717) is 22.9 Å². The smallest absolute Gasteiger partial charge is 0.314 e. The van der Waals surface area contributed by atoms with E-state index >= 15 is 0 Å². The first-order valence-corrected chi connectivity index (χ1v) is 8.04. The fourth-order valence-corrected chi connectivity index (χ4v) is 4.02. The highest BCUT2D eigenvalue weighted by molar-refractivity contribution is 9.10. The second kappa shape index (κ2) is 4.35. The number of rotatable bonds is 4. The molecule has 2 rings (SSSR count). The molecule has 0 bridgehead atoms. The molecule has 6 heteroatoms. The van der Waals surface area contributed by atoms with Crippen molar-refractivity contribution in [3.8, 4) is 0 Å². The standard InChI is InChI=1S/C12H13BrO4S/c1-2-18(16,17)10-4-3-8(7-9(10)13)12(5-6-12)11(14)15/h3-4,7H,2,5-6H2,1H3,(H,14,15). The van der Waals surface area contributed by atoms with Gasteiger partial charge in [-0.15, -0.1) is 0 Å². The fraction of sp³-hybridized carbons (Fsp3) is 0.417. The van der Waals surface area contributed by atoms with Crippen LogP contribution in [0.3, 0.4) is 0 Å². The van der Waals surface area contributed by atoms with Gasteiger partial charge in [-0.3, -0.25) is 4.79 Å². The van der Waals surface area contributed by atoms with Gasteiger partial charge in [-0.25, -0.2) is 8.42 Å². The molecule has 98 valence electrons. The van der Waals surface area contributed by atoms with E-state index in [1.54, 1.807) is 19.1 Å². The zero-order valence-electron chi connectivity index (χ0n) is 9.81. The van der Waals surface area contributed by atoms with Gasteiger partial charge in [0, 0.05) is 4.47 Å². The Morgan fingerprint density at radius 2 is 2.06 bits per heavy atom. The van der Waals surface area contributed by atoms with Gasteiger partial charge < -0.3 is 5.11 Å². The van der Waals surface area contributed by atoms with Gasteiger partial charge in [0.2, 0.25) is 0 Å². The van der Waals surface area contributed by atoms with E-state index in [1.807, 2.05) is 0 Å². The third kappa shape index (κ3) is 2.07. The summed E-state index contributed by atoms with van der Waals surface area (Å²) in [7, 11) is -3.29. The molecule has 0 aliphatic heterocycles. The summed E-state index contributed by atoms with van der Waals surface area (Å²) in [5.41, 5.74) is -0.145. The summed E-state index contributed by atoms with van der Waals surface area (Å²) >= 11 is 3.22. The van der Waals surface area contributed by atoms with E-state index in [9.17, 15) is 18.3 Å². The van der Waals surface area contributed by atoms with Crippen molar-refractivity contribution in [1.29, 1.82) is 0 Å². The number of hydrogen-bond acceptors (Lipinski definition) is 3. The molecule has 0 radical (unpaired) electrons. The van der Waals surface area contributed by atoms with Crippen molar-refractivity contribution >= 4 is 31.7 Å². The van der Waals surface area contributed by atoms with Crippen molar-refractivity contribution in [2.24, 2.45) is 0 Å². The summed E-state index contributed by atoms with van der Waals surface area (Å²) < 4.78 is 24.0. The lowest BCUT2D eigenvalue weighted by molar-refractivity contribution is -0.140. The molecular formula is C12H13BrO4S. The Morgan fingerprint density at radius 1 is 1.44 bits per heavy atom. The third-order valence-electron chi connectivity index (χ3n) is 3.36. The summed E-state index contributed by atoms with van der Waals surface area (Å²) in [4.78, 5) is 11.4. The molecule has 1 aromatic rings. The minimum atomic E-state index is -3.29. The van der Waals surface area contributed by atoms with E-state index in [-0.39, 0.29) is 10.6 Å². The van der Waals surface area contributed by atoms with Crippen LogP contribution in [-0.2, 0) is 20.0 Å². The van der Waals surface area contributed by atoms with Gasteiger partial charge in [-0.05, 0) is 46.5 Å². The number of carboxylic acids is 1. The quantitative estimate of drug-likeness (QED) is 0.918. The molecule has 4 nitrogen and oxygen atoms in total. The van der Waals surface area contributed by atoms with Crippen molar-refractivity contribution in [3.63, 3.8) is 0 Å². The summed E-state index contributed by atoms with van der Waals surface area (Å²) in [6.45, 7) is 1.58. The van der Waals surface area contributed by atoms with E-state index < -0.39 is 21.2 Å². The van der Waals surface area contributed by atoms with Crippen LogP contribution in [0.1, 0.15) is 25.3 Å². The van der Waals surface area contributed by atoms with E-state index in [0.717, 1.165) is 0 Å². The van der Waals surface area contributed by atoms with Gasteiger partial charge in [0.25, 0.3) is 0 Å². The fourth-order valence-electron chi connectivity index (χ4n) is 1.96. The molecule has 0 heterocycles. The van der Waals surface area contributed by atoms with Gasteiger partial charge in [0.05, 0.1) is 16.1 Å². The van der Waals surface area contributed by atoms with Crippen LogP contribution in [0, 0.1) is 0 Å². The van der Waals surface area contributed by atoms with E-state index in [4.69, 9.17) is 0 Å². The Morgan fingerprint density at radius 3 is 2.44 bits per heavy atom. The Bertz CT molecular complexity index is 603. The highest BCUT2D eigenvalue weighted by Crippen LogP contribution is 2.49. The van der Waals surface area contributed by atoms with Crippen molar-refractivity contribution in [2.75, 3.05) is 5.75 Å². The number of halogens is 1. The zero-order chi connectivity index (χ0) is 13.6. The van der Waals surface area contributed by atoms with Gasteiger partial charge in [-0.1, -0.05) is 13.0 Å². The Hall–Kier alpha value is -0.880. The lowest BCUT2D eigenvalue weighted by Crippen LogP contribution is -2.19. The molecule has 1 fully saturated rings. The van der Waals surface area contributed by atoms with Gasteiger partial charge in [-0.2, -0.15) is 0 Å². The third-order valence-corrected chi connectivity index (χ3v) is 6.06. The normalized spacial score (nSPS) is 17.4. The van der Waals surface area contributed by atoms with Gasteiger partial charge in [0.1, 0.15) is 0 Å². The molecule has 0 amide bonds. The second-order valence-electron chi connectivity index (χ2n) is 4.44. The van der Waals surface area contributed by atoms with Crippen LogP contribution < -0.4 is 0 Å². The topological polar surface area (TPSA) is 71.4 Å². The van der Waals surface area contributed by atoms with E-state index in [2.05, 4.69) is 15.9 Å². The number of benzene rings is 1.